The quantitative estimate of drug-likeness (QED) is 0.0371. The fourth-order valence-corrected chi connectivity index (χ4v) is 7.14. The van der Waals surface area contributed by atoms with Crippen molar-refractivity contribution in [2.75, 3.05) is 6.61 Å². The topological polar surface area (TPSA) is 89.8 Å². The number of carbonyl (C=O) groups excluding carboxylic acids is 1. The number of hydrogen-bond acceptors (Lipinski definition) is 4. The predicted molar refractivity (Wildman–Crippen MR) is 227 cm³/mol. The lowest BCUT2D eigenvalue weighted by molar-refractivity contribution is -0.131. The molecule has 0 saturated carbocycles. The highest BCUT2D eigenvalue weighted by molar-refractivity contribution is 5.80. The van der Waals surface area contributed by atoms with Crippen LogP contribution in [-0.2, 0) is 4.79 Å². The van der Waals surface area contributed by atoms with Gasteiger partial charge in [-0.05, 0) is 32.1 Å². The Kier molecular flexibility index (Phi) is 41.6. The van der Waals surface area contributed by atoms with Gasteiger partial charge in [0.2, 0.25) is 5.91 Å². The molecule has 0 rings (SSSR count). The second-order valence-electron chi connectivity index (χ2n) is 16.0. The highest BCUT2D eigenvalue weighted by Gasteiger charge is 2.22. The van der Waals surface area contributed by atoms with Crippen molar-refractivity contribution in [3.05, 3.63) is 24.3 Å². The Labute approximate surface area is 324 Å². The summed E-state index contributed by atoms with van der Waals surface area (Å²) in [5.74, 6) is -0.510. The highest BCUT2D eigenvalue weighted by Crippen LogP contribution is 2.16. The lowest BCUT2D eigenvalue weighted by Crippen LogP contribution is -2.48. The van der Waals surface area contributed by atoms with E-state index in [1.165, 1.54) is 186 Å². The predicted octanol–water partition coefficient (Wildman–Crippen LogP) is 13.4. The molecule has 0 spiro atoms. The van der Waals surface area contributed by atoms with Gasteiger partial charge in [0.15, 0.2) is 0 Å². The Morgan fingerprint density at radius 2 is 0.788 bits per heavy atom. The molecule has 0 bridgehead atoms. The number of carbonyl (C=O) groups is 1. The van der Waals surface area contributed by atoms with E-state index in [0.29, 0.717) is 6.42 Å². The van der Waals surface area contributed by atoms with Crippen LogP contribution in [0.25, 0.3) is 0 Å². The van der Waals surface area contributed by atoms with Crippen LogP contribution < -0.4 is 5.32 Å². The zero-order chi connectivity index (χ0) is 38.0. The first-order valence-corrected chi connectivity index (χ1v) is 23.2. The van der Waals surface area contributed by atoms with E-state index in [0.717, 1.165) is 38.5 Å². The molecule has 0 aliphatic carbocycles. The van der Waals surface area contributed by atoms with Gasteiger partial charge in [0, 0.05) is 0 Å². The Bertz CT molecular complexity index is 768. The zero-order valence-corrected chi connectivity index (χ0v) is 35.0. The molecule has 0 heterocycles. The van der Waals surface area contributed by atoms with Crippen molar-refractivity contribution < 1.29 is 20.1 Å². The van der Waals surface area contributed by atoms with Gasteiger partial charge in [-0.15, -0.1) is 0 Å². The number of amides is 1. The summed E-state index contributed by atoms with van der Waals surface area (Å²) in [6.07, 6.45) is 52.2. The summed E-state index contributed by atoms with van der Waals surface area (Å²) in [7, 11) is 0. The van der Waals surface area contributed by atoms with E-state index in [1.54, 1.807) is 6.08 Å². The van der Waals surface area contributed by atoms with Gasteiger partial charge >= 0.3 is 0 Å². The van der Waals surface area contributed by atoms with Gasteiger partial charge in [0.1, 0.15) is 6.10 Å². The minimum atomic E-state index is -1.10. The van der Waals surface area contributed by atoms with Crippen LogP contribution in [0, 0.1) is 0 Å². The third-order valence-corrected chi connectivity index (χ3v) is 10.8. The fraction of sp³-hybridized carbons (Fsp3) is 0.894. The third kappa shape index (κ3) is 37.2. The minimum absolute atomic E-state index is 0.373. The van der Waals surface area contributed by atoms with Crippen LogP contribution in [0.2, 0.25) is 0 Å². The maximum atomic E-state index is 12.5. The lowest BCUT2D eigenvalue weighted by atomic mass is 10.0. The lowest BCUT2D eigenvalue weighted by Gasteiger charge is -2.21. The Balaban J connectivity index is 3.61. The number of aliphatic hydroxyl groups is 3. The first-order chi connectivity index (χ1) is 25.6. The van der Waals surface area contributed by atoms with Gasteiger partial charge in [-0.2, -0.15) is 0 Å². The summed E-state index contributed by atoms with van der Waals surface area (Å²) < 4.78 is 0. The Hall–Kier alpha value is -1.17. The summed E-state index contributed by atoms with van der Waals surface area (Å²) >= 11 is 0. The first kappa shape index (κ1) is 50.8. The number of aliphatic hydroxyl groups excluding tert-OH is 3. The summed E-state index contributed by atoms with van der Waals surface area (Å²) in [4.78, 5) is 12.5. The van der Waals surface area contributed by atoms with Gasteiger partial charge in [-0.25, -0.2) is 0 Å². The minimum Gasteiger partial charge on any atom is -0.394 e. The molecule has 0 aliphatic heterocycles. The van der Waals surface area contributed by atoms with E-state index in [2.05, 4.69) is 31.3 Å². The smallest absolute Gasteiger partial charge is 0.249 e. The number of rotatable bonds is 42. The van der Waals surface area contributed by atoms with Gasteiger partial charge in [-0.3, -0.25) is 4.79 Å². The van der Waals surface area contributed by atoms with Gasteiger partial charge in [0.25, 0.3) is 0 Å². The van der Waals surface area contributed by atoms with Crippen LogP contribution in [0.1, 0.15) is 245 Å². The number of unbranched alkanes of at least 4 members (excludes halogenated alkanes) is 32. The third-order valence-electron chi connectivity index (χ3n) is 10.8. The SMILES string of the molecule is CCCCCCCCCC/C=C/CC/C=C/C(O)C(CO)NC(=O)C(O)CCCCCCCCCCCCCCCCCCCCCCCCCC. The van der Waals surface area contributed by atoms with Crippen LogP contribution in [0.4, 0.5) is 0 Å². The molecule has 0 fully saturated rings. The standard InChI is InChI=1S/C47H91NO4/c1-3-5-7-9-11-13-15-17-19-20-21-22-23-24-25-26-27-28-30-32-34-36-38-40-42-46(51)47(52)48-44(43-49)45(50)41-39-37-35-33-31-29-18-16-14-12-10-8-6-4-2/h31,33,39,41,44-46,49-51H,3-30,32,34-38,40,42-43H2,1-2H3,(H,48,52)/b33-31+,41-39+. The molecule has 0 aromatic heterocycles. The number of hydrogen-bond donors (Lipinski definition) is 4. The number of nitrogens with one attached hydrogen (secondary N) is 1. The molecular weight excluding hydrogens is 643 g/mol. The summed E-state index contributed by atoms with van der Waals surface area (Å²) in [6.45, 7) is 4.18. The van der Waals surface area contributed by atoms with E-state index in [-0.39, 0.29) is 6.61 Å². The van der Waals surface area contributed by atoms with Crippen LogP contribution in [0.3, 0.4) is 0 Å². The van der Waals surface area contributed by atoms with Crippen molar-refractivity contribution in [3.8, 4) is 0 Å². The number of allylic oxidation sites excluding steroid dienone is 3. The second kappa shape index (κ2) is 42.6. The van der Waals surface area contributed by atoms with Crippen LogP contribution in [-0.4, -0.2) is 46.1 Å². The average Bonchev–Trinajstić information content (AvgIpc) is 3.15. The molecule has 5 nitrogen and oxygen atoms in total. The maximum absolute atomic E-state index is 12.5. The summed E-state index contributed by atoms with van der Waals surface area (Å²) in [5.41, 5.74) is 0. The van der Waals surface area contributed by atoms with Crippen molar-refractivity contribution in [1.82, 2.24) is 5.32 Å². The molecule has 0 aliphatic rings. The molecule has 4 N–H and O–H groups in total. The van der Waals surface area contributed by atoms with Crippen LogP contribution in [0.5, 0.6) is 0 Å². The summed E-state index contributed by atoms with van der Waals surface area (Å²) in [5, 5.41) is 33.1. The van der Waals surface area contributed by atoms with Crippen molar-refractivity contribution in [1.29, 1.82) is 0 Å². The Morgan fingerprint density at radius 3 is 1.17 bits per heavy atom. The van der Waals surface area contributed by atoms with E-state index in [1.807, 2.05) is 6.08 Å². The van der Waals surface area contributed by atoms with E-state index >= 15 is 0 Å². The van der Waals surface area contributed by atoms with E-state index < -0.39 is 24.2 Å². The van der Waals surface area contributed by atoms with Gasteiger partial charge in [0.05, 0.1) is 18.8 Å². The van der Waals surface area contributed by atoms with Gasteiger partial charge < -0.3 is 20.6 Å². The molecule has 3 atom stereocenters. The van der Waals surface area contributed by atoms with E-state index in [9.17, 15) is 20.1 Å². The molecule has 0 radical (unpaired) electrons. The molecule has 5 heteroatoms. The molecule has 0 saturated heterocycles. The highest BCUT2D eigenvalue weighted by atomic mass is 16.3. The van der Waals surface area contributed by atoms with Crippen LogP contribution in [0.15, 0.2) is 24.3 Å². The maximum Gasteiger partial charge on any atom is 0.249 e. The molecular formula is C47H91NO4. The molecule has 52 heavy (non-hydrogen) atoms. The molecule has 3 unspecified atom stereocenters. The normalized spacial score (nSPS) is 13.7. The van der Waals surface area contributed by atoms with Crippen molar-refractivity contribution >= 4 is 5.91 Å². The van der Waals surface area contributed by atoms with Crippen molar-refractivity contribution in [2.45, 2.75) is 263 Å². The molecule has 0 aromatic rings. The van der Waals surface area contributed by atoms with E-state index in [4.69, 9.17) is 0 Å². The second-order valence-corrected chi connectivity index (χ2v) is 16.0. The molecule has 0 aromatic carbocycles. The zero-order valence-electron chi connectivity index (χ0n) is 35.0. The summed E-state index contributed by atoms with van der Waals surface area (Å²) in [6, 6.07) is -0.810. The van der Waals surface area contributed by atoms with Crippen molar-refractivity contribution in [2.24, 2.45) is 0 Å². The molecule has 308 valence electrons. The average molecular weight is 734 g/mol. The van der Waals surface area contributed by atoms with Gasteiger partial charge in [-0.1, -0.05) is 237 Å². The molecule has 1 amide bonds. The Morgan fingerprint density at radius 1 is 0.462 bits per heavy atom. The first-order valence-electron chi connectivity index (χ1n) is 23.2. The fourth-order valence-electron chi connectivity index (χ4n) is 7.14. The van der Waals surface area contributed by atoms with Crippen LogP contribution >= 0.6 is 0 Å². The monoisotopic (exact) mass is 734 g/mol. The van der Waals surface area contributed by atoms with Crippen molar-refractivity contribution in [3.63, 3.8) is 0 Å². The largest absolute Gasteiger partial charge is 0.394 e.